The van der Waals surface area contributed by atoms with Crippen molar-refractivity contribution in [3.8, 4) is 16.9 Å². The third-order valence-corrected chi connectivity index (χ3v) is 6.92. The van der Waals surface area contributed by atoms with E-state index in [-0.39, 0.29) is 12.0 Å². The van der Waals surface area contributed by atoms with E-state index < -0.39 is 6.09 Å². The molecular formula is C25H25N5O4. The zero-order valence-corrected chi connectivity index (χ0v) is 19.1. The van der Waals surface area contributed by atoms with Gasteiger partial charge in [-0.1, -0.05) is 11.2 Å². The van der Waals surface area contributed by atoms with Gasteiger partial charge in [0.25, 0.3) is 0 Å². The first-order valence-corrected chi connectivity index (χ1v) is 11.5. The van der Waals surface area contributed by atoms with Gasteiger partial charge in [0.2, 0.25) is 0 Å². The third kappa shape index (κ3) is 3.14. The number of benzene rings is 1. The molecule has 0 bridgehead atoms. The molecule has 0 saturated carbocycles. The molecule has 9 nitrogen and oxygen atoms in total. The van der Waals surface area contributed by atoms with Crippen molar-refractivity contribution in [2.45, 2.75) is 38.6 Å². The number of aromatic nitrogens is 4. The minimum absolute atomic E-state index is 0.00285. The number of aryl methyl sites for hydroxylation is 2. The summed E-state index contributed by atoms with van der Waals surface area (Å²) in [4.78, 5) is 22.8. The maximum atomic E-state index is 11.7. The van der Waals surface area contributed by atoms with Crippen LogP contribution in [0.5, 0.6) is 5.75 Å². The Bertz CT molecular complexity index is 1370. The SMILES string of the molecule is Cc1noc(C)c1-c1ccc2nc(C3CCCN(C(=O)O)C3)n3c2c1OC[C@@H]3c1ccccn1. The summed E-state index contributed by atoms with van der Waals surface area (Å²) < 4.78 is 14.1. The quantitative estimate of drug-likeness (QED) is 0.479. The summed E-state index contributed by atoms with van der Waals surface area (Å²) in [5.74, 6) is 2.37. The van der Waals surface area contributed by atoms with Crippen LogP contribution in [0.1, 0.15) is 47.8 Å². The molecule has 34 heavy (non-hydrogen) atoms. The van der Waals surface area contributed by atoms with Crippen LogP contribution in [0.4, 0.5) is 4.79 Å². The second-order valence-corrected chi connectivity index (χ2v) is 9.00. The Morgan fingerprint density at radius 2 is 2.09 bits per heavy atom. The monoisotopic (exact) mass is 459 g/mol. The lowest BCUT2D eigenvalue weighted by molar-refractivity contribution is 0.128. The van der Waals surface area contributed by atoms with Gasteiger partial charge in [-0.3, -0.25) is 4.98 Å². The summed E-state index contributed by atoms with van der Waals surface area (Å²) in [6.07, 6.45) is 2.59. The molecule has 0 radical (unpaired) electrons. The highest BCUT2D eigenvalue weighted by Gasteiger charge is 2.36. The van der Waals surface area contributed by atoms with Crippen LogP contribution in [0.3, 0.4) is 0 Å². The van der Waals surface area contributed by atoms with Gasteiger partial charge in [-0.05, 0) is 51.0 Å². The number of rotatable bonds is 3. The number of likely N-dealkylation sites (tertiary alicyclic amines) is 1. The Morgan fingerprint density at radius 3 is 2.82 bits per heavy atom. The summed E-state index contributed by atoms with van der Waals surface area (Å²) in [5.41, 5.74) is 5.28. The Hall–Kier alpha value is -3.88. The standard InChI is InChI=1S/C25H25N5O4/c1-14-21(15(2)34-28-14)17-8-9-19-22-23(17)33-13-20(18-7-3-4-10-26-18)30(22)24(27-19)16-6-5-11-29(12-16)25(31)32/h3-4,7-10,16,20H,5-6,11-13H2,1-2H3,(H,31,32)/t16?,20-/m1/s1. The van der Waals surface area contributed by atoms with Crippen molar-refractivity contribution in [1.29, 1.82) is 0 Å². The molecular weight excluding hydrogens is 434 g/mol. The van der Waals surface area contributed by atoms with Crippen molar-refractivity contribution >= 4 is 17.1 Å². The Balaban J connectivity index is 1.58. The van der Waals surface area contributed by atoms with Gasteiger partial charge in [0, 0.05) is 30.8 Å². The summed E-state index contributed by atoms with van der Waals surface area (Å²) in [6.45, 7) is 5.21. The number of imidazole rings is 1. The first kappa shape index (κ1) is 20.7. The van der Waals surface area contributed by atoms with Gasteiger partial charge in [0.15, 0.2) is 5.75 Å². The number of piperidine rings is 1. The van der Waals surface area contributed by atoms with E-state index in [0.717, 1.165) is 63.7 Å². The fraction of sp³-hybridized carbons (Fsp3) is 0.360. The average Bonchev–Trinajstić information content (AvgIpc) is 3.41. The average molecular weight is 460 g/mol. The number of ether oxygens (including phenoxy) is 1. The van der Waals surface area contributed by atoms with Crippen LogP contribution in [-0.4, -0.2) is 55.5 Å². The van der Waals surface area contributed by atoms with E-state index in [9.17, 15) is 9.90 Å². The second-order valence-electron chi connectivity index (χ2n) is 9.00. The third-order valence-electron chi connectivity index (χ3n) is 6.92. The van der Waals surface area contributed by atoms with E-state index in [2.05, 4.69) is 14.7 Å². The molecule has 1 saturated heterocycles. The second kappa shape index (κ2) is 7.86. The number of hydrogen-bond donors (Lipinski definition) is 1. The van der Waals surface area contributed by atoms with E-state index in [1.54, 1.807) is 6.20 Å². The first-order chi connectivity index (χ1) is 16.5. The molecule has 1 fully saturated rings. The maximum absolute atomic E-state index is 11.7. The van der Waals surface area contributed by atoms with Gasteiger partial charge in [-0.25, -0.2) is 9.78 Å². The molecule has 6 rings (SSSR count). The Morgan fingerprint density at radius 1 is 1.21 bits per heavy atom. The van der Waals surface area contributed by atoms with Crippen molar-refractivity contribution in [2.75, 3.05) is 19.7 Å². The number of hydrogen-bond acceptors (Lipinski definition) is 6. The molecule has 0 aliphatic carbocycles. The normalized spacial score (nSPS) is 19.9. The van der Waals surface area contributed by atoms with Gasteiger partial charge in [0.1, 0.15) is 29.8 Å². The van der Waals surface area contributed by atoms with Gasteiger partial charge in [-0.15, -0.1) is 0 Å². The summed E-state index contributed by atoms with van der Waals surface area (Å²) in [7, 11) is 0. The van der Waals surface area contributed by atoms with Crippen LogP contribution < -0.4 is 4.74 Å². The highest BCUT2D eigenvalue weighted by Crippen LogP contribution is 2.45. The number of carbonyl (C=O) groups is 1. The molecule has 2 aliphatic heterocycles. The van der Waals surface area contributed by atoms with Gasteiger partial charge < -0.3 is 23.8 Å². The van der Waals surface area contributed by atoms with Crippen molar-refractivity contribution < 1.29 is 19.2 Å². The minimum atomic E-state index is -0.884. The molecule has 3 aromatic heterocycles. The number of carboxylic acid groups (broad SMARTS) is 1. The van der Waals surface area contributed by atoms with E-state index in [4.69, 9.17) is 14.2 Å². The smallest absolute Gasteiger partial charge is 0.407 e. The van der Waals surface area contributed by atoms with Crippen molar-refractivity contribution in [1.82, 2.24) is 24.6 Å². The highest BCUT2D eigenvalue weighted by atomic mass is 16.5. The van der Waals surface area contributed by atoms with Crippen molar-refractivity contribution in [2.24, 2.45) is 0 Å². The zero-order valence-electron chi connectivity index (χ0n) is 19.1. The van der Waals surface area contributed by atoms with E-state index in [1.807, 2.05) is 44.2 Å². The van der Waals surface area contributed by atoms with E-state index in [1.165, 1.54) is 4.90 Å². The lowest BCUT2D eigenvalue weighted by atomic mass is 9.96. The van der Waals surface area contributed by atoms with Crippen molar-refractivity contribution in [3.05, 3.63) is 59.5 Å². The molecule has 1 unspecified atom stereocenters. The summed E-state index contributed by atoms with van der Waals surface area (Å²) in [5, 5.41) is 13.7. The topological polar surface area (TPSA) is 107 Å². The number of nitrogens with zero attached hydrogens (tertiary/aromatic N) is 5. The van der Waals surface area contributed by atoms with Crippen molar-refractivity contribution in [3.63, 3.8) is 0 Å². The largest absolute Gasteiger partial charge is 0.488 e. The van der Waals surface area contributed by atoms with E-state index in [0.29, 0.717) is 19.7 Å². The lowest BCUT2D eigenvalue weighted by Crippen LogP contribution is -2.39. The fourth-order valence-electron chi connectivity index (χ4n) is 5.38. The van der Waals surface area contributed by atoms with E-state index >= 15 is 0 Å². The minimum Gasteiger partial charge on any atom is -0.488 e. The van der Waals surface area contributed by atoms with Crippen LogP contribution >= 0.6 is 0 Å². The van der Waals surface area contributed by atoms with Crippen LogP contribution in [0.25, 0.3) is 22.2 Å². The van der Waals surface area contributed by atoms with Crippen LogP contribution in [0.2, 0.25) is 0 Å². The van der Waals surface area contributed by atoms with Crippen LogP contribution in [0.15, 0.2) is 41.1 Å². The van der Waals surface area contributed by atoms with Gasteiger partial charge >= 0.3 is 6.09 Å². The molecule has 1 amide bonds. The summed E-state index contributed by atoms with van der Waals surface area (Å²) >= 11 is 0. The molecule has 9 heteroatoms. The molecule has 1 N–H and O–H groups in total. The predicted octanol–water partition coefficient (Wildman–Crippen LogP) is 4.54. The molecule has 4 aromatic rings. The molecule has 5 heterocycles. The van der Waals surface area contributed by atoms with Gasteiger partial charge in [-0.2, -0.15) is 0 Å². The molecule has 174 valence electrons. The highest BCUT2D eigenvalue weighted by molar-refractivity contribution is 5.93. The Kier molecular flexibility index (Phi) is 4.79. The predicted molar refractivity (Wildman–Crippen MR) is 124 cm³/mol. The molecule has 1 aromatic carbocycles. The Labute approximate surface area is 196 Å². The molecule has 2 aliphatic rings. The first-order valence-electron chi connectivity index (χ1n) is 11.5. The number of pyridine rings is 1. The van der Waals surface area contributed by atoms with Crippen LogP contribution in [0, 0.1) is 13.8 Å². The molecule has 0 spiro atoms. The lowest BCUT2D eigenvalue weighted by Gasteiger charge is -2.33. The molecule has 2 atom stereocenters. The number of amides is 1. The fourth-order valence-corrected chi connectivity index (χ4v) is 5.38. The van der Waals surface area contributed by atoms with Gasteiger partial charge in [0.05, 0.1) is 22.5 Å². The van der Waals surface area contributed by atoms with Crippen LogP contribution in [-0.2, 0) is 0 Å². The zero-order chi connectivity index (χ0) is 23.4. The summed E-state index contributed by atoms with van der Waals surface area (Å²) in [6, 6.07) is 9.72. The maximum Gasteiger partial charge on any atom is 0.407 e.